The van der Waals surface area contributed by atoms with Gasteiger partial charge in [0.05, 0.1) is 6.61 Å². The molecule has 1 aliphatic heterocycles. The largest absolute Gasteiger partial charge is 0.465 e. The molecule has 0 saturated carbocycles. The second-order valence-electron chi connectivity index (χ2n) is 6.77. The number of hydrogen-bond acceptors (Lipinski definition) is 4. The first-order valence-electron chi connectivity index (χ1n) is 8.44. The second-order valence-corrected chi connectivity index (χ2v) is 6.77. The smallest absolute Gasteiger partial charge is 0.320 e. The monoisotopic (exact) mass is 317 g/mol. The highest BCUT2D eigenvalue weighted by molar-refractivity contribution is 6.04. The van der Waals surface area contributed by atoms with Crippen LogP contribution >= 0.6 is 0 Å². The van der Waals surface area contributed by atoms with Crippen LogP contribution in [-0.4, -0.2) is 36.3 Å². The molecule has 0 radical (unpaired) electrons. The molecule has 2 rings (SSSR count). The topological polar surface area (TPSA) is 46.6 Å². The van der Waals surface area contributed by atoms with Crippen LogP contribution < -0.4 is 0 Å². The number of Topliss-reactive ketones (excluding diaryl/α,β-unsaturated/α-hetero) is 1. The van der Waals surface area contributed by atoms with E-state index in [-0.39, 0.29) is 17.7 Å². The maximum atomic E-state index is 12.6. The minimum atomic E-state index is -1.00. The van der Waals surface area contributed by atoms with E-state index in [0.29, 0.717) is 32.5 Å². The molecule has 0 amide bonds. The predicted octanol–water partition coefficient (Wildman–Crippen LogP) is 3.06. The van der Waals surface area contributed by atoms with Crippen molar-refractivity contribution in [2.24, 2.45) is 11.3 Å². The number of nitrogens with zero attached hydrogens (tertiary/aromatic N) is 1. The summed E-state index contributed by atoms with van der Waals surface area (Å²) < 4.78 is 5.27. The number of piperidine rings is 1. The predicted molar refractivity (Wildman–Crippen MR) is 89.9 cm³/mol. The number of likely N-dealkylation sites (tertiary alicyclic amines) is 1. The van der Waals surface area contributed by atoms with Gasteiger partial charge in [0.15, 0.2) is 5.78 Å². The normalized spacial score (nSPS) is 22.3. The van der Waals surface area contributed by atoms with E-state index < -0.39 is 5.41 Å². The molecule has 1 fully saturated rings. The van der Waals surface area contributed by atoms with E-state index in [1.54, 1.807) is 6.92 Å². The lowest BCUT2D eigenvalue weighted by atomic mass is 9.73. The average Bonchev–Trinajstić information content (AvgIpc) is 2.51. The summed E-state index contributed by atoms with van der Waals surface area (Å²) in [5.74, 6) is -0.0505. The fraction of sp³-hybridized carbons (Fsp3) is 0.579. The molecule has 1 aromatic carbocycles. The molecule has 23 heavy (non-hydrogen) atoms. The Labute approximate surface area is 138 Å². The molecular formula is C19H27NO3. The van der Waals surface area contributed by atoms with Crippen LogP contribution in [0.2, 0.25) is 0 Å². The van der Waals surface area contributed by atoms with Crippen molar-refractivity contribution in [1.29, 1.82) is 0 Å². The van der Waals surface area contributed by atoms with Crippen molar-refractivity contribution in [1.82, 2.24) is 4.90 Å². The zero-order valence-corrected chi connectivity index (χ0v) is 14.4. The Balaban J connectivity index is 2.20. The lowest BCUT2D eigenvalue weighted by Crippen LogP contribution is -2.54. The molecule has 1 atom stereocenters. The Morgan fingerprint density at radius 2 is 2.00 bits per heavy atom. The summed E-state index contributed by atoms with van der Waals surface area (Å²) in [5.41, 5.74) is 0.196. The fourth-order valence-electron chi connectivity index (χ4n) is 3.43. The molecule has 1 heterocycles. The Bertz CT molecular complexity index is 541. The van der Waals surface area contributed by atoms with Crippen LogP contribution in [0.25, 0.3) is 0 Å². The van der Waals surface area contributed by atoms with Crippen molar-refractivity contribution >= 4 is 11.8 Å². The maximum absolute atomic E-state index is 12.6. The van der Waals surface area contributed by atoms with Gasteiger partial charge in [0.2, 0.25) is 0 Å². The number of carbonyl (C=O) groups is 2. The number of rotatable bonds is 6. The number of carbonyl (C=O) groups excluding carboxylic acids is 2. The van der Waals surface area contributed by atoms with Gasteiger partial charge in [-0.1, -0.05) is 44.2 Å². The molecule has 1 saturated heterocycles. The van der Waals surface area contributed by atoms with Crippen molar-refractivity contribution in [3.05, 3.63) is 35.9 Å². The van der Waals surface area contributed by atoms with Crippen LogP contribution in [0.3, 0.4) is 0 Å². The van der Waals surface area contributed by atoms with Crippen LogP contribution in [0.1, 0.15) is 39.2 Å². The summed E-state index contributed by atoms with van der Waals surface area (Å²) in [6.45, 7) is 8.10. The van der Waals surface area contributed by atoms with E-state index >= 15 is 0 Å². The highest BCUT2D eigenvalue weighted by Crippen LogP contribution is 2.35. The van der Waals surface area contributed by atoms with E-state index in [1.165, 1.54) is 5.56 Å². The summed E-state index contributed by atoms with van der Waals surface area (Å²) in [6, 6.07) is 10.2. The van der Waals surface area contributed by atoms with Gasteiger partial charge in [-0.3, -0.25) is 14.5 Å². The number of esters is 1. The lowest BCUT2D eigenvalue weighted by molar-refractivity contribution is -0.165. The summed E-state index contributed by atoms with van der Waals surface area (Å²) in [4.78, 5) is 27.4. The molecule has 0 aromatic heterocycles. The van der Waals surface area contributed by atoms with E-state index in [9.17, 15) is 9.59 Å². The molecule has 4 nitrogen and oxygen atoms in total. The summed E-state index contributed by atoms with van der Waals surface area (Å²) in [6.07, 6.45) is 0.967. The fourth-order valence-corrected chi connectivity index (χ4v) is 3.43. The molecule has 0 spiro atoms. The van der Waals surface area contributed by atoms with Crippen LogP contribution in [0.5, 0.6) is 0 Å². The first-order valence-corrected chi connectivity index (χ1v) is 8.44. The Morgan fingerprint density at radius 1 is 1.30 bits per heavy atom. The first-order chi connectivity index (χ1) is 11.0. The number of benzene rings is 1. The highest BCUT2D eigenvalue weighted by Gasteiger charge is 2.50. The Hall–Kier alpha value is -1.68. The zero-order chi connectivity index (χ0) is 16.9. The molecule has 0 aliphatic carbocycles. The quantitative estimate of drug-likeness (QED) is 0.597. The standard InChI is InChI=1S/C19H27NO3/c1-4-23-18(22)19(12-15(2)3)14-20(11-10-17(19)21)13-16-8-6-5-7-9-16/h5-9,15H,4,10-14H2,1-3H3. The molecule has 4 heteroatoms. The Kier molecular flexibility index (Phi) is 5.94. The van der Waals surface area contributed by atoms with Gasteiger partial charge >= 0.3 is 5.97 Å². The minimum absolute atomic E-state index is 0.0361. The van der Waals surface area contributed by atoms with Gasteiger partial charge in [-0.25, -0.2) is 0 Å². The van der Waals surface area contributed by atoms with Crippen molar-refractivity contribution in [2.75, 3.05) is 19.7 Å². The van der Waals surface area contributed by atoms with Gasteiger partial charge in [-0.2, -0.15) is 0 Å². The van der Waals surface area contributed by atoms with E-state index in [4.69, 9.17) is 4.74 Å². The third kappa shape index (κ3) is 4.20. The van der Waals surface area contributed by atoms with Crippen LogP contribution in [0, 0.1) is 11.3 Å². The molecule has 1 unspecified atom stereocenters. The zero-order valence-electron chi connectivity index (χ0n) is 14.4. The van der Waals surface area contributed by atoms with Crippen molar-refractivity contribution < 1.29 is 14.3 Å². The van der Waals surface area contributed by atoms with Gasteiger partial charge < -0.3 is 4.74 Å². The molecule has 126 valence electrons. The van der Waals surface area contributed by atoms with Gasteiger partial charge in [-0.15, -0.1) is 0 Å². The number of ether oxygens (including phenoxy) is 1. The molecular weight excluding hydrogens is 290 g/mol. The third-order valence-electron chi connectivity index (χ3n) is 4.35. The highest BCUT2D eigenvalue weighted by atomic mass is 16.5. The number of ketones is 1. The first kappa shape index (κ1) is 17.7. The van der Waals surface area contributed by atoms with Crippen molar-refractivity contribution in [3.63, 3.8) is 0 Å². The summed E-state index contributed by atoms with van der Waals surface area (Å²) >= 11 is 0. The molecule has 1 aromatic rings. The van der Waals surface area contributed by atoms with E-state index in [1.807, 2.05) is 32.0 Å². The minimum Gasteiger partial charge on any atom is -0.465 e. The number of hydrogen-bond donors (Lipinski definition) is 0. The molecule has 1 aliphatic rings. The van der Waals surface area contributed by atoms with Crippen LogP contribution in [0.15, 0.2) is 30.3 Å². The van der Waals surface area contributed by atoms with E-state index in [2.05, 4.69) is 17.0 Å². The van der Waals surface area contributed by atoms with Crippen molar-refractivity contribution in [3.8, 4) is 0 Å². The van der Waals surface area contributed by atoms with Crippen LogP contribution in [-0.2, 0) is 20.9 Å². The van der Waals surface area contributed by atoms with E-state index in [0.717, 1.165) is 6.54 Å². The van der Waals surface area contributed by atoms with Crippen molar-refractivity contribution in [2.45, 2.75) is 40.2 Å². The molecule has 0 bridgehead atoms. The van der Waals surface area contributed by atoms with Gasteiger partial charge in [-0.05, 0) is 24.8 Å². The second kappa shape index (κ2) is 7.73. The van der Waals surface area contributed by atoms with Gasteiger partial charge in [0.1, 0.15) is 5.41 Å². The SMILES string of the molecule is CCOC(=O)C1(CC(C)C)CN(Cc2ccccc2)CCC1=O. The van der Waals surface area contributed by atoms with Gasteiger partial charge in [0, 0.05) is 26.1 Å². The van der Waals surface area contributed by atoms with Gasteiger partial charge in [0.25, 0.3) is 0 Å². The third-order valence-corrected chi connectivity index (χ3v) is 4.35. The average molecular weight is 317 g/mol. The summed E-state index contributed by atoms with van der Waals surface area (Å²) in [7, 11) is 0. The Morgan fingerprint density at radius 3 is 2.61 bits per heavy atom. The lowest BCUT2D eigenvalue weighted by Gasteiger charge is -2.40. The maximum Gasteiger partial charge on any atom is 0.320 e. The summed E-state index contributed by atoms with van der Waals surface area (Å²) in [5, 5.41) is 0. The van der Waals surface area contributed by atoms with Crippen LogP contribution in [0.4, 0.5) is 0 Å². The molecule has 0 N–H and O–H groups in total.